The highest BCUT2D eigenvalue weighted by molar-refractivity contribution is 8.07. The maximum Gasteiger partial charge on any atom is 0.325 e. The largest absolute Gasteiger partial charge is 0.387 e. The number of H-pyrrole nitrogens is 1. The first kappa shape index (κ1) is 31.3. The van der Waals surface area contributed by atoms with Gasteiger partial charge >= 0.3 is 13.4 Å². The standard InChI is InChI=1S/C23H26FN7O10P2S2/c1-9-28-20-11(21(33)29-9)3-5-31(20)22-14(24)16-13(39-22)7-37-43(35,45)41-17-15(32)12(6-36-42(34,44)40-16)38-23(17)30-4-2-10-18(25)26-8-27-19(10)30/h2-5,8,12-17,22-23,32H,6-7H2,1H3,(H,34,44)(H,35,45)(H2,25,26,27)(H,28,29,33)/t12-,13-,14-,15-,16-,17-,22-,23-,42?,43?/m1/s1. The Morgan fingerprint density at radius 3 is 2.33 bits per heavy atom. The zero-order chi connectivity index (χ0) is 31.8. The second-order valence-corrected chi connectivity index (χ2v) is 16.1. The fourth-order valence-electron chi connectivity index (χ4n) is 5.63. The van der Waals surface area contributed by atoms with Gasteiger partial charge < -0.3 is 53.3 Å². The fraction of sp³-hybridized carbons (Fsp3) is 0.478. The van der Waals surface area contributed by atoms with Crippen LogP contribution in [0.4, 0.5) is 10.2 Å². The van der Waals surface area contributed by atoms with Crippen LogP contribution in [0.25, 0.3) is 22.1 Å². The number of hydrogen-bond donors (Lipinski definition) is 5. The van der Waals surface area contributed by atoms with Gasteiger partial charge in [0.05, 0.1) is 24.0 Å². The molecule has 7 rings (SSSR count). The quantitative estimate of drug-likeness (QED) is 0.182. The predicted molar refractivity (Wildman–Crippen MR) is 160 cm³/mol. The van der Waals surface area contributed by atoms with Gasteiger partial charge in [-0.05, 0) is 42.7 Å². The van der Waals surface area contributed by atoms with Crippen molar-refractivity contribution in [3.63, 3.8) is 0 Å². The number of aliphatic hydroxyl groups is 1. The summed E-state index contributed by atoms with van der Waals surface area (Å²) in [6.07, 6.45) is -7.15. The molecule has 2 unspecified atom stereocenters. The maximum absolute atomic E-state index is 16.1. The molecule has 0 saturated carbocycles. The molecule has 0 aliphatic carbocycles. The average Bonchev–Trinajstić information content (AvgIpc) is 3.72. The Bertz CT molecular complexity index is 1940. The zero-order valence-corrected chi connectivity index (χ0v) is 26.4. The number of alkyl halides is 1. The van der Waals surface area contributed by atoms with Crippen molar-refractivity contribution in [2.45, 2.75) is 56.1 Å². The number of fused-ring (bicyclic) bond motifs is 5. The summed E-state index contributed by atoms with van der Waals surface area (Å²) < 4.78 is 53.4. The molecule has 0 amide bonds. The molecule has 3 fully saturated rings. The number of aryl methyl sites for hydroxylation is 1. The molecule has 7 heterocycles. The van der Waals surface area contributed by atoms with Crippen LogP contribution in [-0.2, 0) is 51.2 Å². The highest BCUT2D eigenvalue weighted by Gasteiger charge is 2.53. The van der Waals surface area contributed by atoms with Crippen LogP contribution in [0, 0.1) is 6.92 Å². The Labute approximate surface area is 262 Å². The van der Waals surface area contributed by atoms with Crippen molar-refractivity contribution in [2.75, 3.05) is 18.9 Å². The van der Waals surface area contributed by atoms with Gasteiger partial charge in [0.15, 0.2) is 18.6 Å². The number of nitrogen functional groups attached to an aromatic ring is 1. The van der Waals surface area contributed by atoms with E-state index in [4.69, 9.17) is 56.9 Å². The summed E-state index contributed by atoms with van der Waals surface area (Å²) in [6.45, 7) is -7.94. The normalized spacial score (nSPS) is 37.7. The molecule has 0 spiro atoms. The second kappa shape index (κ2) is 11.4. The number of ether oxygens (including phenoxy) is 2. The van der Waals surface area contributed by atoms with Crippen LogP contribution >= 0.6 is 13.4 Å². The molecule has 17 nitrogen and oxygen atoms in total. The van der Waals surface area contributed by atoms with E-state index in [0.717, 1.165) is 0 Å². The molecule has 0 aromatic carbocycles. The third kappa shape index (κ3) is 5.67. The van der Waals surface area contributed by atoms with Gasteiger partial charge in [0.2, 0.25) is 0 Å². The lowest BCUT2D eigenvalue weighted by molar-refractivity contribution is -0.0600. The molecular formula is C23H26FN7O10P2S2. The predicted octanol–water partition coefficient (Wildman–Crippen LogP) is 0.805. The van der Waals surface area contributed by atoms with Gasteiger partial charge in [-0.25, -0.2) is 19.3 Å². The van der Waals surface area contributed by atoms with Gasteiger partial charge in [0, 0.05) is 12.4 Å². The molecule has 10 atom stereocenters. The molecule has 3 aliphatic rings. The van der Waals surface area contributed by atoms with Gasteiger partial charge in [-0.15, -0.1) is 0 Å². The summed E-state index contributed by atoms with van der Waals surface area (Å²) in [7, 11) is 0. The Kier molecular flexibility index (Phi) is 7.97. The van der Waals surface area contributed by atoms with Crippen molar-refractivity contribution in [3.05, 3.63) is 47.0 Å². The first-order valence-electron chi connectivity index (χ1n) is 13.4. The van der Waals surface area contributed by atoms with E-state index in [0.29, 0.717) is 16.9 Å². The number of anilines is 1. The molecule has 45 heavy (non-hydrogen) atoms. The van der Waals surface area contributed by atoms with Gasteiger partial charge in [-0.2, -0.15) is 0 Å². The molecule has 6 N–H and O–H groups in total. The third-order valence-electron chi connectivity index (χ3n) is 7.68. The molecule has 0 radical (unpaired) electrons. The molecule has 4 aromatic heterocycles. The molecule has 4 aromatic rings. The van der Waals surface area contributed by atoms with Crippen molar-refractivity contribution in [1.29, 1.82) is 0 Å². The van der Waals surface area contributed by atoms with Crippen molar-refractivity contribution in [3.8, 4) is 0 Å². The van der Waals surface area contributed by atoms with E-state index < -0.39 is 81.4 Å². The summed E-state index contributed by atoms with van der Waals surface area (Å²) in [5.74, 6) is 0.494. The minimum Gasteiger partial charge on any atom is -0.387 e. The van der Waals surface area contributed by atoms with Crippen molar-refractivity contribution in [2.24, 2.45) is 0 Å². The fourth-order valence-corrected chi connectivity index (χ4v) is 8.48. The van der Waals surface area contributed by atoms with Gasteiger partial charge in [0.1, 0.15) is 59.8 Å². The van der Waals surface area contributed by atoms with Crippen molar-refractivity contribution in [1.82, 2.24) is 29.1 Å². The first-order chi connectivity index (χ1) is 21.3. The molecule has 3 saturated heterocycles. The number of aliphatic hydroxyl groups excluding tert-OH is 1. The summed E-state index contributed by atoms with van der Waals surface area (Å²) >= 11 is 10.5. The minimum absolute atomic E-state index is 0.146. The Morgan fingerprint density at radius 1 is 0.978 bits per heavy atom. The second-order valence-electron chi connectivity index (χ2n) is 10.6. The van der Waals surface area contributed by atoms with Crippen LogP contribution < -0.4 is 11.3 Å². The number of halogens is 1. The smallest absolute Gasteiger partial charge is 0.325 e. The van der Waals surface area contributed by atoms with Crippen LogP contribution in [0.1, 0.15) is 18.3 Å². The third-order valence-corrected chi connectivity index (χ3v) is 10.8. The molecule has 3 aliphatic heterocycles. The number of hydrogen-bond acceptors (Lipinski definition) is 14. The van der Waals surface area contributed by atoms with E-state index in [9.17, 15) is 19.7 Å². The van der Waals surface area contributed by atoms with Gasteiger partial charge in [0.25, 0.3) is 5.56 Å². The number of aromatic nitrogens is 6. The first-order valence-corrected chi connectivity index (χ1v) is 18.6. The van der Waals surface area contributed by atoms with E-state index in [1.165, 1.54) is 27.7 Å². The molecule has 22 heteroatoms. The summed E-state index contributed by atoms with van der Waals surface area (Å²) in [5, 5.41) is 11.9. The van der Waals surface area contributed by atoms with Crippen LogP contribution in [0.5, 0.6) is 0 Å². The summed E-state index contributed by atoms with van der Waals surface area (Å²) in [4.78, 5) is 49.6. The molecular weight excluding hydrogens is 679 g/mol. The van der Waals surface area contributed by atoms with E-state index in [-0.39, 0.29) is 16.9 Å². The van der Waals surface area contributed by atoms with E-state index >= 15 is 4.39 Å². The maximum atomic E-state index is 16.1. The van der Waals surface area contributed by atoms with Crippen molar-refractivity contribution >= 4 is 64.9 Å². The van der Waals surface area contributed by atoms with Gasteiger partial charge in [-0.3, -0.25) is 13.8 Å². The molecule has 242 valence electrons. The van der Waals surface area contributed by atoms with Crippen LogP contribution in [0.15, 0.2) is 35.6 Å². The number of nitrogens with one attached hydrogen (secondary N) is 1. The number of nitrogens with zero attached hydrogens (tertiary/aromatic N) is 5. The minimum atomic E-state index is -4.22. The lowest BCUT2D eigenvalue weighted by atomic mass is 10.1. The lowest BCUT2D eigenvalue weighted by Crippen LogP contribution is -2.35. The number of aromatic amines is 1. The Balaban J connectivity index is 1.21. The van der Waals surface area contributed by atoms with E-state index in [1.807, 2.05) is 0 Å². The van der Waals surface area contributed by atoms with E-state index in [2.05, 4.69) is 19.9 Å². The summed E-state index contributed by atoms with van der Waals surface area (Å²) in [6, 6.07) is 3.09. The van der Waals surface area contributed by atoms with E-state index in [1.54, 1.807) is 19.2 Å². The SMILES string of the molecule is Cc1nc2c(ccn2[C@@H]2O[C@@H]3COP(O)(=S)O[C@@H]4[C@H](O)[C@@H](COP(O)(=S)O[C@H]3[C@H]2F)O[C@H]4n2ccc3c(N)ncnc32)c(=O)[nH]1. The van der Waals surface area contributed by atoms with Gasteiger partial charge in [-0.1, -0.05) is 0 Å². The highest BCUT2D eigenvalue weighted by Crippen LogP contribution is 2.54. The topological polar surface area (TPSA) is 223 Å². The van der Waals surface area contributed by atoms with Crippen LogP contribution in [0.2, 0.25) is 0 Å². The van der Waals surface area contributed by atoms with Crippen molar-refractivity contribution < 1.29 is 46.9 Å². The average molecular weight is 706 g/mol. The zero-order valence-electron chi connectivity index (χ0n) is 23.0. The number of rotatable bonds is 2. The van der Waals surface area contributed by atoms with Crippen LogP contribution in [-0.4, -0.2) is 93.9 Å². The molecule has 2 bridgehead atoms. The Morgan fingerprint density at radius 2 is 1.60 bits per heavy atom. The highest BCUT2D eigenvalue weighted by atomic mass is 32.5. The van der Waals surface area contributed by atoms with Crippen LogP contribution in [0.3, 0.4) is 0 Å². The lowest BCUT2D eigenvalue weighted by Gasteiger charge is -2.28. The number of nitrogens with two attached hydrogens (primary N) is 1. The Hall–Kier alpha value is -2.29. The summed E-state index contributed by atoms with van der Waals surface area (Å²) in [5.41, 5.74) is 6.02. The monoisotopic (exact) mass is 705 g/mol.